The number of hydrogen-bond acceptors (Lipinski definition) is 5. The summed E-state index contributed by atoms with van der Waals surface area (Å²) in [7, 11) is 0. The molecule has 3 heterocycles. The second-order valence-electron chi connectivity index (χ2n) is 13.8. The van der Waals surface area contributed by atoms with Crippen molar-refractivity contribution in [3.05, 3.63) is 86.4 Å². The lowest BCUT2D eigenvalue weighted by atomic mass is 9.91. The van der Waals surface area contributed by atoms with E-state index >= 15 is 0 Å². The standard InChI is InChI=1S/C35H43BrClN5O3/c1-23-18-39(22-38-23)19-24-6-5-13-41(20-24)33(43)31-21-40(14-15-42(31)34(44)45-35(2,3)4)32-29-11-9-27(36)16-25(29)7-8-26-17-28(37)10-12-30(26)32/h9-12,16-18,22,24,31-32H,5-8,13-15,19-21H2,1-4H3/t24-,31-,32?/m1/s1. The fraction of sp³-hybridized carbons (Fsp3) is 0.514. The van der Waals surface area contributed by atoms with Gasteiger partial charge in [0.15, 0.2) is 0 Å². The molecule has 1 aliphatic carbocycles. The minimum absolute atomic E-state index is 0.00180. The molecule has 0 bridgehead atoms. The number of piperazine rings is 1. The number of aryl methyl sites for hydroxylation is 3. The lowest BCUT2D eigenvalue weighted by Crippen LogP contribution is -2.62. The third kappa shape index (κ3) is 7.26. The van der Waals surface area contributed by atoms with E-state index in [1.807, 2.05) is 45.0 Å². The third-order valence-electron chi connectivity index (χ3n) is 9.21. The number of ether oxygens (including phenoxy) is 1. The number of benzene rings is 2. The number of carbonyl (C=O) groups excluding carboxylic acids is 2. The molecule has 2 saturated heterocycles. The minimum atomic E-state index is -0.660. The molecule has 1 unspecified atom stereocenters. The summed E-state index contributed by atoms with van der Waals surface area (Å²) < 4.78 is 9.03. The molecule has 3 aromatic rings. The SMILES string of the molecule is Cc1cn(C[C@H]2CCCN(C(=O)[C@H]3CN(C4c5ccc(Cl)cc5CCc5cc(Br)ccc54)CCN3C(=O)OC(C)(C)C)C2)cn1. The van der Waals surface area contributed by atoms with Crippen molar-refractivity contribution in [1.82, 2.24) is 24.3 Å². The molecule has 3 aliphatic rings. The van der Waals surface area contributed by atoms with E-state index < -0.39 is 17.7 Å². The Balaban J connectivity index is 1.32. The topological polar surface area (TPSA) is 70.9 Å². The number of fused-ring (bicyclic) bond motifs is 2. The summed E-state index contributed by atoms with van der Waals surface area (Å²) >= 11 is 10.2. The van der Waals surface area contributed by atoms with Crippen molar-refractivity contribution < 1.29 is 14.3 Å². The van der Waals surface area contributed by atoms with Crippen LogP contribution in [-0.2, 0) is 28.9 Å². The van der Waals surface area contributed by atoms with Gasteiger partial charge in [-0.05, 0) is 106 Å². The molecule has 3 atom stereocenters. The van der Waals surface area contributed by atoms with Crippen molar-refractivity contribution in [2.24, 2.45) is 5.92 Å². The van der Waals surface area contributed by atoms with Crippen LogP contribution < -0.4 is 0 Å². The summed E-state index contributed by atoms with van der Waals surface area (Å²) in [6, 6.07) is 12.0. The van der Waals surface area contributed by atoms with E-state index in [9.17, 15) is 9.59 Å². The van der Waals surface area contributed by atoms with Crippen LogP contribution in [0.15, 0.2) is 53.4 Å². The molecule has 2 amide bonds. The van der Waals surface area contributed by atoms with Gasteiger partial charge in [0.1, 0.15) is 11.6 Å². The number of carbonyl (C=O) groups is 2. The number of hydrogen-bond donors (Lipinski definition) is 0. The van der Waals surface area contributed by atoms with Gasteiger partial charge in [0, 0.05) is 55.0 Å². The highest BCUT2D eigenvalue weighted by Crippen LogP contribution is 2.40. The van der Waals surface area contributed by atoms with Gasteiger partial charge < -0.3 is 14.2 Å². The lowest BCUT2D eigenvalue weighted by molar-refractivity contribution is -0.141. The zero-order valence-electron chi connectivity index (χ0n) is 26.6. The van der Waals surface area contributed by atoms with E-state index in [1.54, 1.807) is 4.90 Å². The number of halogens is 2. The second kappa shape index (κ2) is 13.1. The fourth-order valence-corrected chi connectivity index (χ4v) is 7.83. The number of imidazole rings is 1. The van der Waals surface area contributed by atoms with Crippen LogP contribution in [0.25, 0.3) is 0 Å². The van der Waals surface area contributed by atoms with Crippen LogP contribution in [0.1, 0.15) is 67.6 Å². The molecule has 10 heteroatoms. The molecule has 8 nitrogen and oxygen atoms in total. The number of rotatable bonds is 4. The molecule has 45 heavy (non-hydrogen) atoms. The van der Waals surface area contributed by atoms with Crippen molar-refractivity contribution in [2.45, 2.75) is 77.6 Å². The highest BCUT2D eigenvalue weighted by atomic mass is 79.9. The summed E-state index contributed by atoms with van der Waals surface area (Å²) in [5, 5.41) is 0.730. The molecule has 2 aromatic carbocycles. The third-order valence-corrected chi connectivity index (χ3v) is 9.94. The quantitative estimate of drug-likeness (QED) is 0.306. The Labute approximate surface area is 279 Å². The molecule has 1 aromatic heterocycles. The first kappa shape index (κ1) is 32.1. The zero-order valence-corrected chi connectivity index (χ0v) is 29.0. The van der Waals surface area contributed by atoms with Crippen LogP contribution in [0.5, 0.6) is 0 Å². The Hall–Kier alpha value is -2.88. The van der Waals surface area contributed by atoms with Crippen LogP contribution in [0, 0.1) is 12.8 Å². The first-order chi connectivity index (χ1) is 21.4. The van der Waals surface area contributed by atoms with Crippen LogP contribution >= 0.6 is 27.5 Å². The zero-order chi connectivity index (χ0) is 31.9. The van der Waals surface area contributed by atoms with Crippen molar-refractivity contribution in [3.8, 4) is 0 Å². The molecule has 2 fully saturated rings. The minimum Gasteiger partial charge on any atom is -0.444 e. The average Bonchev–Trinajstić information content (AvgIpc) is 3.33. The van der Waals surface area contributed by atoms with Crippen molar-refractivity contribution in [1.29, 1.82) is 0 Å². The van der Waals surface area contributed by atoms with Crippen molar-refractivity contribution in [2.75, 3.05) is 32.7 Å². The maximum Gasteiger partial charge on any atom is 0.411 e. The van der Waals surface area contributed by atoms with Crippen LogP contribution in [0.2, 0.25) is 5.02 Å². The van der Waals surface area contributed by atoms with E-state index in [1.165, 1.54) is 22.3 Å². The Kier molecular flexibility index (Phi) is 9.33. The van der Waals surface area contributed by atoms with Crippen LogP contribution in [0.3, 0.4) is 0 Å². The van der Waals surface area contributed by atoms with Gasteiger partial charge in [-0.1, -0.05) is 39.7 Å². The number of likely N-dealkylation sites (tertiary alicyclic amines) is 1. The van der Waals surface area contributed by atoms with Crippen LogP contribution in [-0.4, -0.2) is 80.6 Å². The van der Waals surface area contributed by atoms with Gasteiger partial charge in [-0.2, -0.15) is 0 Å². The summed E-state index contributed by atoms with van der Waals surface area (Å²) in [6.45, 7) is 11.2. The molecule has 0 spiro atoms. The molecular weight excluding hydrogens is 654 g/mol. The monoisotopic (exact) mass is 695 g/mol. The Bertz CT molecular complexity index is 1520. The summed E-state index contributed by atoms with van der Waals surface area (Å²) in [4.78, 5) is 38.6. The summed E-state index contributed by atoms with van der Waals surface area (Å²) in [5.41, 5.74) is 5.30. The van der Waals surface area contributed by atoms with E-state index in [0.29, 0.717) is 38.6 Å². The lowest BCUT2D eigenvalue weighted by Gasteiger charge is -2.46. The number of nitrogens with zero attached hydrogens (tertiary/aromatic N) is 5. The molecule has 6 rings (SSSR count). The predicted octanol–water partition coefficient (Wildman–Crippen LogP) is 6.66. The van der Waals surface area contributed by atoms with Gasteiger partial charge in [0.2, 0.25) is 5.91 Å². The highest BCUT2D eigenvalue weighted by Gasteiger charge is 2.43. The smallest absolute Gasteiger partial charge is 0.411 e. The highest BCUT2D eigenvalue weighted by molar-refractivity contribution is 9.10. The van der Waals surface area contributed by atoms with E-state index in [4.69, 9.17) is 16.3 Å². The Morgan fingerprint density at radius 1 is 1.02 bits per heavy atom. The van der Waals surface area contributed by atoms with Gasteiger partial charge in [0.25, 0.3) is 0 Å². The van der Waals surface area contributed by atoms with Crippen molar-refractivity contribution in [3.63, 3.8) is 0 Å². The Morgan fingerprint density at radius 3 is 2.47 bits per heavy atom. The van der Waals surface area contributed by atoms with Gasteiger partial charge in [-0.25, -0.2) is 9.78 Å². The Morgan fingerprint density at radius 2 is 1.76 bits per heavy atom. The normalized spacial score (nSPS) is 22.4. The first-order valence-electron chi connectivity index (χ1n) is 16.0. The maximum absolute atomic E-state index is 14.5. The summed E-state index contributed by atoms with van der Waals surface area (Å²) in [5.74, 6) is 0.327. The van der Waals surface area contributed by atoms with E-state index in [-0.39, 0.29) is 11.9 Å². The van der Waals surface area contributed by atoms with Gasteiger partial charge >= 0.3 is 6.09 Å². The maximum atomic E-state index is 14.5. The van der Waals surface area contributed by atoms with Crippen molar-refractivity contribution >= 4 is 39.5 Å². The summed E-state index contributed by atoms with van der Waals surface area (Å²) in [6.07, 6.45) is 7.28. The van der Waals surface area contributed by atoms with E-state index in [0.717, 1.165) is 47.4 Å². The average molecular weight is 697 g/mol. The predicted molar refractivity (Wildman–Crippen MR) is 179 cm³/mol. The fourth-order valence-electron chi connectivity index (χ4n) is 7.23. The second-order valence-corrected chi connectivity index (χ2v) is 15.1. The number of aromatic nitrogens is 2. The van der Waals surface area contributed by atoms with Gasteiger partial charge in [-0.3, -0.25) is 14.6 Å². The molecular formula is C35H43BrClN5O3. The molecule has 240 valence electrons. The first-order valence-corrected chi connectivity index (χ1v) is 17.2. The van der Waals surface area contributed by atoms with Gasteiger partial charge in [-0.15, -0.1) is 0 Å². The molecule has 2 aliphatic heterocycles. The molecule has 0 saturated carbocycles. The largest absolute Gasteiger partial charge is 0.444 e. The number of amides is 2. The van der Waals surface area contributed by atoms with Gasteiger partial charge in [0.05, 0.1) is 18.1 Å². The number of piperidine rings is 1. The van der Waals surface area contributed by atoms with Crippen LogP contribution in [0.4, 0.5) is 4.79 Å². The molecule has 0 N–H and O–H groups in total. The molecule has 0 radical (unpaired) electrons. The van der Waals surface area contributed by atoms with E-state index in [2.05, 4.69) is 66.9 Å².